The van der Waals surface area contributed by atoms with Crippen LogP contribution in [0.25, 0.3) is 0 Å². The van der Waals surface area contributed by atoms with E-state index in [2.05, 4.69) is 0 Å². The molecule has 6 heteroatoms. The molecule has 0 aromatic carbocycles. The van der Waals surface area contributed by atoms with Gasteiger partial charge >= 0.3 is 12.1 Å². The number of aliphatic carboxylic acids is 1. The van der Waals surface area contributed by atoms with E-state index in [4.69, 9.17) is 5.11 Å². The molecule has 0 radical (unpaired) electrons. The number of nitrogens with one attached hydrogen (secondary N) is 1. The summed E-state index contributed by atoms with van der Waals surface area (Å²) >= 11 is 0. The number of carboxylic acids is 1. The molecule has 64 valence electrons. The van der Waals surface area contributed by atoms with E-state index in [1.807, 2.05) is 0 Å². The molecular formula is C5H6F3NO2. The quantitative estimate of drug-likeness (QED) is 0.599. The minimum absolute atomic E-state index is 0.0694. The van der Waals surface area contributed by atoms with Gasteiger partial charge in [-0.25, -0.2) is 4.79 Å². The van der Waals surface area contributed by atoms with Crippen LogP contribution in [0.1, 0.15) is 0 Å². The van der Waals surface area contributed by atoms with Gasteiger partial charge in [0, 0.05) is 7.05 Å². The first-order valence-electron chi connectivity index (χ1n) is 2.57. The molecule has 0 aromatic heterocycles. The van der Waals surface area contributed by atoms with Crippen molar-refractivity contribution < 1.29 is 23.1 Å². The van der Waals surface area contributed by atoms with Crippen molar-refractivity contribution in [3.63, 3.8) is 0 Å². The van der Waals surface area contributed by atoms with E-state index in [9.17, 15) is 18.0 Å². The van der Waals surface area contributed by atoms with Crippen LogP contribution < -0.4 is 5.32 Å². The van der Waals surface area contributed by atoms with Crippen molar-refractivity contribution in [1.82, 2.24) is 5.32 Å². The minimum Gasteiger partial charge on any atom is -0.478 e. The number of rotatable bonds is 2. The fourth-order valence-corrected chi connectivity index (χ4v) is 0.419. The van der Waals surface area contributed by atoms with Crippen LogP contribution in [0.4, 0.5) is 13.2 Å². The summed E-state index contributed by atoms with van der Waals surface area (Å²) in [4.78, 5) is 9.80. The Morgan fingerprint density at radius 1 is 1.55 bits per heavy atom. The lowest BCUT2D eigenvalue weighted by Crippen LogP contribution is -2.24. The zero-order valence-electron chi connectivity index (χ0n) is 5.57. The highest BCUT2D eigenvalue weighted by Gasteiger charge is 2.33. The lowest BCUT2D eigenvalue weighted by atomic mass is 10.4. The standard InChI is InChI=1S/C5H6F3NO2/c1-9-3(2-4(10)11)5(6,7)8/h2,9H,1H3,(H,10,11)/b3-2-. The summed E-state index contributed by atoms with van der Waals surface area (Å²) in [6.07, 6.45) is -4.56. The van der Waals surface area contributed by atoms with Crippen LogP contribution in [-0.4, -0.2) is 24.3 Å². The number of carbonyl (C=O) groups is 1. The Kier molecular flexibility index (Phi) is 2.91. The van der Waals surface area contributed by atoms with Crippen molar-refractivity contribution in [1.29, 1.82) is 0 Å². The summed E-state index contributed by atoms with van der Waals surface area (Å²) in [7, 11) is 1.00. The van der Waals surface area contributed by atoms with Crippen molar-refractivity contribution in [3.8, 4) is 0 Å². The third kappa shape index (κ3) is 3.49. The molecule has 0 rings (SSSR count). The van der Waals surface area contributed by atoms with Crippen molar-refractivity contribution in [2.75, 3.05) is 7.05 Å². The van der Waals surface area contributed by atoms with Gasteiger partial charge < -0.3 is 10.4 Å². The van der Waals surface area contributed by atoms with Gasteiger partial charge in [-0.05, 0) is 0 Å². The van der Waals surface area contributed by atoms with Crippen LogP contribution in [0.2, 0.25) is 0 Å². The van der Waals surface area contributed by atoms with E-state index in [1.165, 1.54) is 0 Å². The van der Waals surface area contributed by atoms with Gasteiger partial charge in [-0.3, -0.25) is 0 Å². The maximum absolute atomic E-state index is 11.7. The molecule has 0 aliphatic heterocycles. The largest absolute Gasteiger partial charge is 0.478 e. The second-order valence-corrected chi connectivity index (χ2v) is 1.64. The zero-order valence-corrected chi connectivity index (χ0v) is 5.57. The minimum atomic E-state index is -4.63. The van der Waals surface area contributed by atoms with Gasteiger partial charge in [0.15, 0.2) is 0 Å². The summed E-state index contributed by atoms with van der Waals surface area (Å²) in [6, 6.07) is 0. The third-order valence-corrected chi connectivity index (χ3v) is 0.843. The summed E-state index contributed by atoms with van der Waals surface area (Å²) in [5.74, 6) is -1.63. The molecule has 0 saturated heterocycles. The normalized spacial score (nSPS) is 12.9. The Hall–Kier alpha value is -1.20. The van der Waals surface area contributed by atoms with Gasteiger partial charge in [-0.1, -0.05) is 0 Å². The lowest BCUT2D eigenvalue weighted by Gasteiger charge is -2.08. The van der Waals surface area contributed by atoms with E-state index in [1.54, 1.807) is 5.32 Å². The van der Waals surface area contributed by atoms with Crippen molar-refractivity contribution in [3.05, 3.63) is 11.8 Å². The third-order valence-electron chi connectivity index (χ3n) is 0.843. The molecule has 0 fully saturated rings. The van der Waals surface area contributed by atoms with Crippen LogP contribution in [-0.2, 0) is 4.79 Å². The van der Waals surface area contributed by atoms with E-state index < -0.39 is 17.8 Å². The summed E-state index contributed by atoms with van der Waals surface area (Å²) in [5, 5.41) is 9.69. The Morgan fingerprint density at radius 2 is 2.00 bits per heavy atom. The predicted molar refractivity (Wildman–Crippen MR) is 30.8 cm³/mol. The average molecular weight is 169 g/mol. The monoisotopic (exact) mass is 169 g/mol. The first kappa shape index (κ1) is 9.80. The maximum atomic E-state index is 11.7. The van der Waals surface area contributed by atoms with Crippen LogP contribution in [0.15, 0.2) is 11.8 Å². The number of halogens is 3. The van der Waals surface area contributed by atoms with Crippen LogP contribution in [0, 0.1) is 0 Å². The second kappa shape index (κ2) is 3.27. The average Bonchev–Trinajstić information content (AvgIpc) is 1.79. The molecule has 0 spiro atoms. The van der Waals surface area contributed by atoms with E-state index in [0.717, 1.165) is 7.05 Å². The number of hydrogen-bond donors (Lipinski definition) is 2. The molecule has 3 nitrogen and oxygen atoms in total. The Labute approximate surface area is 60.5 Å². The van der Waals surface area contributed by atoms with E-state index in [0.29, 0.717) is 0 Å². The summed E-state index contributed by atoms with van der Waals surface area (Å²) in [6.45, 7) is 0. The summed E-state index contributed by atoms with van der Waals surface area (Å²) < 4.78 is 35.1. The first-order chi connectivity index (χ1) is 4.88. The Bertz CT molecular complexity index is 185. The van der Waals surface area contributed by atoms with Gasteiger partial charge in [-0.15, -0.1) is 0 Å². The van der Waals surface area contributed by atoms with Crippen molar-refractivity contribution in [2.24, 2.45) is 0 Å². The molecule has 0 saturated carbocycles. The molecule has 0 aliphatic rings. The van der Waals surface area contributed by atoms with Gasteiger partial charge in [0.05, 0.1) is 6.08 Å². The smallest absolute Gasteiger partial charge is 0.431 e. The van der Waals surface area contributed by atoms with Gasteiger partial charge in [0.25, 0.3) is 0 Å². The summed E-state index contributed by atoms with van der Waals surface area (Å²) in [5.41, 5.74) is -1.27. The molecule has 2 N–H and O–H groups in total. The second-order valence-electron chi connectivity index (χ2n) is 1.64. The molecule has 0 bridgehead atoms. The predicted octanol–water partition coefficient (Wildman–Crippen LogP) is 0.737. The van der Waals surface area contributed by atoms with E-state index >= 15 is 0 Å². The number of carboxylic acid groups (broad SMARTS) is 1. The highest BCUT2D eigenvalue weighted by atomic mass is 19.4. The van der Waals surface area contributed by atoms with Gasteiger partial charge in [-0.2, -0.15) is 13.2 Å². The molecule has 0 amide bonds. The fraction of sp³-hybridized carbons (Fsp3) is 0.400. The number of hydrogen-bond acceptors (Lipinski definition) is 2. The number of allylic oxidation sites excluding steroid dienone is 1. The number of alkyl halides is 3. The van der Waals surface area contributed by atoms with Gasteiger partial charge in [0.2, 0.25) is 0 Å². The molecule has 0 heterocycles. The highest BCUT2D eigenvalue weighted by Crippen LogP contribution is 2.22. The molecule has 0 aromatic rings. The highest BCUT2D eigenvalue weighted by molar-refractivity contribution is 5.80. The fourth-order valence-electron chi connectivity index (χ4n) is 0.419. The van der Waals surface area contributed by atoms with E-state index in [-0.39, 0.29) is 6.08 Å². The first-order valence-corrected chi connectivity index (χ1v) is 2.57. The molecule has 0 atom stereocenters. The van der Waals surface area contributed by atoms with Crippen LogP contribution >= 0.6 is 0 Å². The Morgan fingerprint density at radius 3 is 2.09 bits per heavy atom. The van der Waals surface area contributed by atoms with Gasteiger partial charge in [0.1, 0.15) is 5.70 Å². The SMILES string of the molecule is CN/C(=C\C(=O)O)C(F)(F)F. The zero-order chi connectivity index (χ0) is 9.07. The van der Waals surface area contributed by atoms with Crippen LogP contribution in [0.5, 0.6) is 0 Å². The molecule has 0 aliphatic carbocycles. The van der Waals surface area contributed by atoms with Crippen molar-refractivity contribution >= 4 is 5.97 Å². The lowest BCUT2D eigenvalue weighted by molar-refractivity contribution is -0.132. The molecular weight excluding hydrogens is 163 g/mol. The van der Waals surface area contributed by atoms with Crippen LogP contribution in [0.3, 0.4) is 0 Å². The molecule has 11 heavy (non-hydrogen) atoms. The topological polar surface area (TPSA) is 49.3 Å². The molecule has 0 unspecified atom stereocenters. The van der Waals surface area contributed by atoms with Crippen molar-refractivity contribution in [2.45, 2.75) is 6.18 Å². The maximum Gasteiger partial charge on any atom is 0.431 e. The Balaban J connectivity index is 4.54.